The van der Waals surface area contributed by atoms with Crippen LogP contribution < -0.4 is 15.8 Å². The third-order valence-electron chi connectivity index (χ3n) is 7.46. The number of hydrogen-bond donors (Lipinski definition) is 3. The molecular weight excluding hydrogens is 515 g/mol. The van der Waals surface area contributed by atoms with Crippen LogP contribution in [0.1, 0.15) is 48.5 Å². The molecule has 4 atom stereocenters. The predicted octanol–water partition coefficient (Wildman–Crippen LogP) is 4.29. The van der Waals surface area contributed by atoms with E-state index in [4.69, 9.17) is 15.2 Å². The molecule has 0 radical (unpaired) electrons. The third-order valence-corrected chi connectivity index (χ3v) is 7.46. The first kappa shape index (κ1) is 27.8. The number of alkyl halides is 3. The summed E-state index contributed by atoms with van der Waals surface area (Å²) in [5.41, 5.74) is 2.42. The molecular formula is C26H27F5N2O5. The SMILES string of the molecule is C[C@H]1[C@@H](c2ccc(F)c(F)c2OCC2CC(O)C2)[C@H](C(=O)Nc2cccc(C(N)=O)c2)O[C@@]1(C)C(F)(F)F. The van der Waals surface area contributed by atoms with E-state index in [9.17, 15) is 36.6 Å². The smallest absolute Gasteiger partial charge is 0.417 e. The van der Waals surface area contributed by atoms with Crippen LogP contribution in [0, 0.1) is 23.5 Å². The number of primary amides is 1. The van der Waals surface area contributed by atoms with Gasteiger partial charge in [-0.15, -0.1) is 0 Å². The zero-order chi connectivity index (χ0) is 28.0. The number of amides is 2. The Kier molecular flexibility index (Phi) is 7.41. The number of anilines is 1. The number of aliphatic hydroxyl groups excluding tert-OH is 1. The minimum Gasteiger partial charge on any atom is -0.490 e. The maximum absolute atomic E-state index is 15.0. The molecule has 2 aliphatic rings. The van der Waals surface area contributed by atoms with Crippen LogP contribution in [0.2, 0.25) is 0 Å². The number of benzene rings is 2. The average Bonchev–Trinajstić information content (AvgIpc) is 3.10. The molecule has 1 aliphatic carbocycles. The van der Waals surface area contributed by atoms with Gasteiger partial charge in [0.2, 0.25) is 11.7 Å². The number of aliphatic hydroxyl groups is 1. The summed E-state index contributed by atoms with van der Waals surface area (Å²) in [7, 11) is 0. The molecule has 0 spiro atoms. The number of ether oxygens (including phenoxy) is 2. The Morgan fingerprint density at radius 3 is 2.50 bits per heavy atom. The lowest BCUT2D eigenvalue weighted by Crippen LogP contribution is -2.47. The van der Waals surface area contributed by atoms with Crippen molar-refractivity contribution in [1.82, 2.24) is 0 Å². The number of nitrogens with two attached hydrogens (primary N) is 1. The van der Waals surface area contributed by atoms with Gasteiger partial charge in [0.05, 0.1) is 12.7 Å². The molecule has 1 saturated carbocycles. The van der Waals surface area contributed by atoms with E-state index < -0.39 is 65.0 Å². The average molecular weight is 543 g/mol. The molecule has 4 N–H and O–H groups in total. The number of halogens is 5. The van der Waals surface area contributed by atoms with Crippen molar-refractivity contribution in [3.8, 4) is 5.75 Å². The van der Waals surface area contributed by atoms with E-state index in [2.05, 4.69) is 5.32 Å². The zero-order valence-corrected chi connectivity index (χ0v) is 20.5. The van der Waals surface area contributed by atoms with Crippen molar-refractivity contribution in [1.29, 1.82) is 0 Å². The first-order valence-corrected chi connectivity index (χ1v) is 12.0. The van der Waals surface area contributed by atoms with Crippen LogP contribution >= 0.6 is 0 Å². The molecule has 1 heterocycles. The number of nitrogens with one attached hydrogen (secondary N) is 1. The van der Waals surface area contributed by atoms with Gasteiger partial charge >= 0.3 is 6.18 Å². The summed E-state index contributed by atoms with van der Waals surface area (Å²) in [6, 6.07) is 7.30. The van der Waals surface area contributed by atoms with Gasteiger partial charge in [-0.1, -0.05) is 19.1 Å². The van der Waals surface area contributed by atoms with Gasteiger partial charge in [0.1, 0.15) is 6.10 Å². The summed E-state index contributed by atoms with van der Waals surface area (Å²) in [5, 5.41) is 11.9. The fourth-order valence-corrected chi connectivity index (χ4v) is 4.98. The summed E-state index contributed by atoms with van der Waals surface area (Å²) in [6.07, 6.45) is -6.45. The minimum atomic E-state index is -4.91. The quantitative estimate of drug-likeness (QED) is 0.452. The van der Waals surface area contributed by atoms with Crippen LogP contribution in [0.25, 0.3) is 0 Å². The molecule has 0 aromatic heterocycles. The molecule has 1 aliphatic heterocycles. The van der Waals surface area contributed by atoms with Crippen LogP contribution in [-0.2, 0) is 9.53 Å². The van der Waals surface area contributed by atoms with Crippen molar-refractivity contribution in [2.24, 2.45) is 17.6 Å². The van der Waals surface area contributed by atoms with Gasteiger partial charge < -0.3 is 25.6 Å². The molecule has 2 aromatic carbocycles. The second-order valence-electron chi connectivity index (χ2n) is 9.97. The van der Waals surface area contributed by atoms with Crippen LogP contribution in [0.5, 0.6) is 5.75 Å². The first-order valence-electron chi connectivity index (χ1n) is 12.0. The Balaban J connectivity index is 1.72. The summed E-state index contributed by atoms with van der Waals surface area (Å²) in [6.45, 7) is 1.91. The summed E-state index contributed by atoms with van der Waals surface area (Å²) >= 11 is 0. The number of rotatable bonds is 7. The van der Waals surface area contributed by atoms with E-state index in [1.54, 1.807) is 0 Å². The molecule has 1 saturated heterocycles. The lowest BCUT2D eigenvalue weighted by molar-refractivity contribution is -0.272. The molecule has 2 amide bonds. The van der Waals surface area contributed by atoms with E-state index in [1.165, 1.54) is 31.2 Å². The van der Waals surface area contributed by atoms with Crippen molar-refractivity contribution in [3.05, 3.63) is 59.2 Å². The van der Waals surface area contributed by atoms with E-state index in [0.29, 0.717) is 12.8 Å². The lowest BCUT2D eigenvalue weighted by Gasteiger charge is -2.33. The second kappa shape index (κ2) is 10.1. The molecule has 206 valence electrons. The topological polar surface area (TPSA) is 111 Å². The largest absolute Gasteiger partial charge is 0.490 e. The van der Waals surface area contributed by atoms with Crippen LogP contribution in [0.3, 0.4) is 0 Å². The molecule has 12 heteroatoms. The molecule has 7 nitrogen and oxygen atoms in total. The van der Waals surface area contributed by atoms with E-state index in [0.717, 1.165) is 19.1 Å². The van der Waals surface area contributed by atoms with Gasteiger partial charge in [-0.25, -0.2) is 4.39 Å². The maximum atomic E-state index is 15.0. The molecule has 38 heavy (non-hydrogen) atoms. The van der Waals surface area contributed by atoms with Gasteiger partial charge in [-0.05, 0) is 49.9 Å². The minimum absolute atomic E-state index is 0.0533. The van der Waals surface area contributed by atoms with Crippen LogP contribution in [-0.4, -0.2) is 47.5 Å². The molecule has 0 unspecified atom stereocenters. The van der Waals surface area contributed by atoms with E-state index >= 15 is 0 Å². The Hall–Kier alpha value is -3.25. The number of carbonyl (C=O) groups excluding carboxylic acids is 2. The van der Waals surface area contributed by atoms with Gasteiger partial charge in [-0.3, -0.25) is 9.59 Å². The van der Waals surface area contributed by atoms with Crippen molar-refractivity contribution in [2.45, 2.75) is 56.6 Å². The monoisotopic (exact) mass is 542 g/mol. The normalized spacial score (nSPS) is 29.0. The zero-order valence-electron chi connectivity index (χ0n) is 20.5. The first-order chi connectivity index (χ1) is 17.7. The molecule has 2 aromatic rings. The fraction of sp³-hybridized carbons (Fsp3) is 0.462. The third kappa shape index (κ3) is 5.06. The number of hydrogen-bond acceptors (Lipinski definition) is 5. The van der Waals surface area contributed by atoms with Crippen molar-refractivity contribution >= 4 is 17.5 Å². The Labute approximate surface area is 215 Å². The highest BCUT2D eigenvalue weighted by Gasteiger charge is 2.66. The summed E-state index contributed by atoms with van der Waals surface area (Å²) in [4.78, 5) is 24.8. The Morgan fingerprint density at radius 2 is 1.89 bits per heavy atom. The van der Waals surface area contributed by atoms with Crippen LogP contribution in [0.15, 0.2) is 36.4 Å². The summed E-state index contributed by atoms with van der Waals surface area (Å²) < 4.78 is 82.6. The fourth-order valence-electron chi connectivity index (χ4n) is 4.98. The highest BCUT2D eigenvalue weighted by Crippen LogP contribution is 2.55. The number of carbonyl (C=O) groups is 2. The molecule has 2 fully saturated rings. The van der Waals surface area contributed by atoms with Gasteiger partial charge in [0, 0.05) is 28.7 Å². The van der Waals surface area contributed by atoms with E-state index in [-0.39, 0.29) is 29.3 Å². The lowest BCUT2D eigenvalue weighted by atomic mass is 9.76. The standard InChI is InChI=1S/C26H27F5N2O5/c1-12-19(17-6-7-18(27)20(28)21(17)37-11-13-8-16(34)9-13)22(38-25(12,2)26(29,30)31)24(36)33-15-5-3-4-14(10-15)23(32)35/h3-7,10,12-13,16,19,22,34H,8-9,11H2,1-2H3,(H2,32,35)(H,33,36)/t12-,13?,16?,19-,22+,25+/m0/s1. The van der Waals surface area contributed by atoms with Gasteiger partial charge in [0.15, 0.2) is 17.2 Å². The van der Waals surface area contributed by atoms with Crippen LogP contribution in [0.4, 0.5) is 27.6 Å². The Morgan fingerprint density at radius 1 is 1.21 bits per heavy atom. The van der Waals surface area contributed by atoms with E-state index in [1.807, 2.05) is 0 Å². The highest BCUT2D eigenvalue weighted by atomic mass is 19.4. The highest BCUT2D eigenvalue weighted by molar-refractivity contribution is 5.98. The predicted molar refractivity (Wildman–Crippen MR) is 125 cm³/mol. The summed E-state index contributed by atoms with van der Waals surface area (Å²) in [5.74, 6) is -8.01. The second-order valence-corrected chi connectivity index (χ2v) is 9.97. The Bertz CT molecular complexity index is 1230. The van der Waals surface area contributed by atoms with Gasteiger partial charge in [0.25, 0.3) is 5.91 Å². The van der Waals surface area contributed by atoms with Crippen molar-refractivity contribution < 1.29 is 46.1 Å². The van der Waals surface area contributed by atoms with Crippen molar-refractivity contribution in [3.63, 3.8) is 0 Å². The molecule has 4 rings (SSSR count). The van der Waals surface area contributed by atoms with Gasteiger partial charge in [-0.2, -0.15) is 17.6 Å². The molecule has 0 bridgehead atoms. The van der Waals surface area contributed by atoms with Crippen molar-refractivity contribution in [2.75, 3.05) is 11.9 Å². The maximum Gasteiger partial charge on any atom is 0.417 e.